The Balaban J connectivity index is 2.44. The minimum absolute atomic E-state index is 0.0144. The Kier molecular flexibility index (Phi) is 3.62. The molecule has 3 amide bonds. The van der Waals surface area contributed by atoms with Crippen molar-refractivity contribution in [3.8, 4) is 0 Å². The Hall–Kier alpha value is -1.63. The van der Waals surface area contributed by atoms with Gasteiger partial charge in [-0.2, -0.15) is 0 Å². The fraction of sp³-hybridized carbons (Fsp3) is 0.625. The molecular weight excluding hydrogens is 204 g/mol. The second-order valence-electron chi connectivity index (χ2n) is 2.98. The van der Waals surface area contributed by atoms with Crippen LogP contribution in [0.15, 0.2) is 0 Å². The van der Waals surface area contributed by atoms with Gasteiger partial charge in [-0.25, -0.2) is 4.79 Å². The summed E-state index contributed by atoms with van der Waals surface area (Å²) < 4.78 is 9.23. The van der Waals surface area contributed by atoms with Gasteiger partial charge in [0.05, 0.1) is 13.0 Å². The summed E-state index contributed by atoms with van der Waals surface area (Å²) in [4.78, 5) is 34.0. The van der Waals surface area contributed by atoms with Crippen molar-refractivity contribution in [1.29, 1.82) is 0 Å². The molecule has 0 saturated carbocycles. The van der Waals surface area contributed by atoms with Gasteiger partial charge >= 0.3 is 6.09 Å². The molecule has 1 fully saturated rings. The minimum atomic E-state index is -0.933. The molecule has 0 aromatic heterocycles. The Morgan fingerprint density at radius 1 is 1.60 bits per heavy atom. The Labute approximate surface area is 86.1 Å². The summed E-state index contributed by atoms with van der Waals surface area (Å²) in [6, 6.07) is 0. The number of nitrogens with two attached hydrogens (primary N) is 1. The van der Waals surface area contributed by atoms with Gasteiger partial charge in [-0.1, -0.05) is 0 Å². The van der Waals surface area contributed by atoms with Gasteiger partial charge in [0, 0.05) is 7.11 Å². The molecule has 0 aromatic rings. The Bertz CT molecular complexity index is 291. The van der Waals surface area contributed by atoms with Crippen LogP contribution in [0.3, 0.4) is 0 Å². The topological polar surface area (TPSA) is 98.9 Å². The second-order valence-corrected chi connectivity index (χ2v) is 2.98. The van der Waals surface area contributed by atoms with Crippen molar-refractivity contribution in [3.05, 3.63) is 0 Å². The second kappa shape index (κ2) is 4.74. The molecular formula is C8H12N2O5. The minimum Gasteiger partial charge on any atom is -0.448 e. The van der Waals surface area contributed by atoms with Crippen LogP contribution >= 0.6 is 0 Å². The summed E-state index contributed by atoms with van der Waals surface area (Å²) in [6.45, 7) is -0.0796. The third kappa shape index (κ3) is 2.66. The number of likely N-dealkylation sites (tertiary alicyclic amines) is 1. The summed E-state index contributed by atoms with van der Waals surface area (Å²) in [5.41, 5.74) is 4.73. The van der Waals surface area contributed by atoms with Crippen LogP contribution in [0.2, 0.25) is 0 Å². The van der Waals surface area contributed by atoms with E-state index >= 15 is 0 Å². The van der Waals surface area contributed by atoms with Gasteiger partial charge in [0.1, 0.15) is 12.7 Å². The predicted molar refractivity (Wildman–Crippen MR) is 47.7 cm³/mol. The maximum atomic E-state index is 11.4. The molecule has 0 unspecified atom stereocenters. The maximum Gasteiger partial charge on any atom is 0.404 e. The van der Waals surface area contributed by atoms with Crippen LogP contribution in [-0.4, -0.2) is 49.2 Å². The molecule has 0 spiro atoms. The highest BCUT2D eigenvalue weighted by atomic mass is 16.5. The van der Waals surface area contributed by atoms with Crippen molar-refractivity contribution in [1.82, 2.24) is 4.90 Å². The smallest absolute Gasteiger partial charge is 0.404 e. The summed E-state index contributed by atoms with van der Waals surface area (Å²) in [5.74, 6) is -0.740. The van der Waals surface area contributed by atoms with E-state index in [2.05, 4.69) is 4.74 Å². The molecule has 2 N–H and O–H groups in total. The summed E-state index contributed by atoms with van der Waals surface area (Å²) in [5, 5.41) is 0. The molecule has 0 aliphatic carbocycles. The van der Waals surface area contributed by atoms with Gasteiger partial charge in [-0.3, -0.25) is 14.5 Å². The zero-order valence-corrected chi connectivity index (χ0v) is 8.26. The van der Waals surface area contributed by atoms with Gasteiger partial charge < -0.3 is 15.2 Å². The molecule has 0 aromatic carbocycles. The summed E-state index contributed by atoms with van der Waals surface area (Å²) in [6.07, 6.45) is -1.62. The van der Waals surface area contributed by atoms with Crippen LogP contribution in [0.1, 0.15) is 6.42 Å². The molecule has 1 rings (SSSR count). The van der Waals surface area contributed by atoms with E-state index in [1.807, 2.05) is 0 Å². The number of ether oxygens (including phenoxy) is 2. The first-order chi connectivity index (χ1) is 7.06. The first kappa shape index (κ1) is 11.4. The summed E-state index contributed by atoms with van der Waals surface area (Å²) in [7, 11) is 1.36. The van der Waals surface area contributed by atoms with Crippen molar-refractivity contribution in [2.45, 2.75) is 12.5 Å². The average Bonchev–Trinajstić information content (AvgIpc) is 2.44. The van der Waals surface area contributed by atoms with Crippen molar-refractivity contribution in [3.63, 3.8) is 0 Å². The largest absolute Gasteiger partial charge is 0.448 e. The Morgan fingerprint density at radius 2 is 2.27 bits per heavy atom. The van der Waals surface area contributed by atoms with Crippen LogP contribution < -0.4 is 5.73 Å². The van der Waals surface area contributed by atoms with Crippen molar-refractivity contribution in [2.75, 3.05) is 20.3 Å². The van der Waals surface area contributed by atoms with E-state index in [0.29, 0.717) is 0 Å². The number of primary amides is 1. The third-order valence-electron chi connectivity index (χ3n) is 2.05. The molecule has 1 saturated heterocycles. The highest BCUT2D eigenvalue weighted by Crippen LogP contribution is 2.14. The molecule has 1 heterocycles. The first-order valence-corrected chi connectivity index (χ1v) is 4.35. The maximum absolute atomic E-state index is 11.4. The SMILES string of the molecule is CO[C@@H]1CC(=O)N(CCOC(N)=O)C1=O. The number of hydrogen-bond acceptors (Lipinski definition) is 5. The van der Waals surface area contributed by atoms with E-state index in [0.717, 1.165) is 4.90 Å². The van der Waals surface area contributed by atoms with Crippen LogP contribution in [0.25, 0.3) is 0 Å². The lowest BCUT2D eigenvalue weighted by atomic mass is 10.3. The molecule has 1 aliphatic heterocycles. The van der Waals surface area contributed by atoms with Gasteiger partial charge in [0.15, 0.2) is 0 Å². The van der Waals surface area contributed by atoms with Gasteiger partial charge in [0.2, 0.25) is 5.91 Å². The van der Waals surface area contributed by atoms with Gasteiger partial charge in [-0.05, 0) is 0 Å². The van der Waals surface area contributed by atoms with E-state index in [-0.39, 0.29) is 25.5 Å². The molecule has 0 bridgehead atoms. The number of hydrogen-bond donors (Lipinski definition) is 1. The number of carbonyl (C=O) groups excluding carboxylic acids is 3. The monoisotopic (exact) mass is 216 g/mol. The molecule has 7 heteroatoms. The lowest BCUT2D eigenvalue weighted by molar-refractivity contribution is -0.141. The van der Waals surface area contributed by atoms with E-state index in [4.69, 9.17) is 10.5 Å². The van der Waals surface area contributed by atoms with Crippen molar-refractivity contribution >= 4 is 17.9 Å². The fourth-order valence-electron chi connectivity index (χ4n) is 1.31. The normalized spacial score (nSPS) is 20.9. The standard InChI is InChI=1S/C8H12N2O5/c1-14-5-4-6(11)10(7(5)12)2-3-15-8(9)13/h5H,2-4H2,1H3,(H2,9,13)/t5-/m1/s1. The highest BCUT2D eigenvalue weighted by Gasteiger charge is 2.38. The third-order valence-corrected chi connectivity index (χ3v) is 2.05. The Morgan fingerprint density at radius 3 is 2.73 bits per heavy atom. The van der Waals surface area contributed by atoms with E-state index in [1.54, 1.807) is 0 Å². The molecule has 0 radical (unpaired) electrons. The van der Waals surface area contributed by atoms with E-state index < -0.39 is 18.1 Å². The number of imide groups is 1. The average molecular weight is 216 g/mol. The fourth-order valence-corrected chi connectivity index (χ4v) is 1.31. The van der Waals surface area contributed by atoms with Crippen LogP contribution in [0.4, 0.5) is 4.79 Å². The number of methoxy groups -OCH3 is 1. The first-order valence-electron chi connectivity index (χ1n) is 4.35. The van der Waals surface area contributed by atoms with Crippen LogP contribution in [-0.2, 0) is 19.1 Å². The molecule has 7 nitrogen and oxygen atoms in total. The zero-order chi connectivity index (χ0) is 11.4. The lowest BCUT2D eigenvalue weighted by Crippen LogP contribution is -2.36. The number of amides is 3. The summed E-state index contributed by atoms with van der Waals surface area (Å²) >= 11 is 0. The number of rotatable bonds is 4. The molecule has 1 aliphatic rings. The van der Waals surface area contributed by atoms with E-state index in [1.165, 1.54) is 7.11 Å². The quantitative estimate of drug-likeness (QED) is 0.598. The molecule has 15 heavy (non-hydrogen) atoms. The van der Waals surface area contributed by atoms with Gasteiger partial charge in [0.25, 0.3) is 5.91 Å². The number of nitrogens with zero attached hydrogens (tertiary/aromatic N) is 1. The van der Waals surface area contributed by atoms with Crippen molar-refractivity contribution in [2.24, 2.45) is 5.73 Å². The number of carbonyl (C=O) groups is 3. The van der Waals surface area contributed by atoms with E-state index in [9.17, 15) is 14.4 Å². The predicted octanol–water partition coefficient (Wildman–Crippen LogP) is -1.14. The molecule has 1 atom stereocenters. The molecule has 84 valence electrons. The van der Waals surface area contributed by atoms with Crippen LogP contribution in [0, 0.1) is 0 Å². The van der Waals surface area contributed by atoms with Crippen LogP contribution in [0.5, 0.6) is 0 Å². The highest BCUT2D eigenvalue weighted by molar-refractivity contribution is 6.04. The zero-order valence-electron chi connectivity index (χ0n) is 8.26. The van der Waals surface area contributed by atoms with Gasteiger partial charge in [-0.15, -0.1) is 0 Å². The lowest BCUT2D eigenvalue weighted by Gasteiger charge is -2.13. The van der Waals surface area contributed by atoms with Crippen molar-refractivity contribution < 1.29 is 23.9 Å².